The maximum atomic E-state index is 11.9. The van der Waals surface area contributed by atoms with Crippen LogP contribution in [0, 0.1) is 0 Å². The molecule has 3 aromatic rings. The number of amides is 1. The second kappa shape index (κ2) is 7.70. The largest absolute Gasteiger partial charge is 0.382 e. The summed E-state index contributed by atoms with van der Waals surface area (Å²) in [5.41, 5.74) is 2.55. The van der Waals surface area contributed by atoms with Gasteiger partial charge in [-0.25, -0.2) is 9.97 Å². The first-order chi connectivity index (χ1) is 11.7. The minimum absolute atomic E-state index is 0.178. The van der Waals surface area contributed by atoms with Crippen LogP contribution in [0.2, 0.25) is 0 Å². The van der Waals surface area contributed by atoms with Gasteiger partial charge in [-0.1, -0.05) is 28.1 Å². The zero-order valence-electron chi connectivity index (χ0n) is 12.7. The van der Waals surface area contributed by atoms with E-state index in [0.29, 0.717) is 12.2 Å². The Balaban J connectivity index is 1.54. The number of nitrogens with zero attached hydrogens (tertiary/aromatic N) is 2. The van der Waals surface area contributed by atoms with Crippen molar-refractivity contribution in [2.45, 2.75) is 0 Å². The molecule has 0 aliphatic rings. The Hall–Kier alpha value is -2.73. The first-order valence-corrected chi connectivity index (χ1v) is 8.17. The molecule has 0 atom stereocenters. The third-order valence-corrected chi connectivity index (χ3v) is 3.78. The van der Waals surface area contributed by atoms with Gasteiger partial charge in [0.1, 0.15) is 6.33 Å². The second-order valence-electron chi connectivity index (χ2n) is 5.08. The monoisotopic (exact) mass is 382 g/mol. The molecule has 24 heavy (non-hydrogen) atoms. The Kier molecular flexibility index (Phi) is 5.18. The smallest absolute Gasteiger partial charge is 0.248 e. The Labute approximate surface area is 148 Å². The van der Waals surface area contributed by atoms with Gasteiger partial charge in [0.05, 0.1) is 5.52 Å². The van der Waals surface area contributed by atoms with Gasteiger partial charge in [0.15, 0.2) is 0 Å². The van der Waals surface area contributed by atoms with E-state index in [4.69, 9.17) is 0 Å². The molecule has 0 aliphatic carbocycles. The van der Waals surface area contributed by atoms with E-state index in [1.54, 1.807) is 12.3 Å². The standard InChI is InChI=1S/C18H15BrN4O/c19-14-3-1-4-15(10-14)21-8-2-5-18(24)23-16-6-7-17-13(9-16)11-20-12-22-17/h1-7,9-12,21H,8H2,(H,23,24). The molecule has 0 unspecified atom stereocenters. The number of aromatic nitrogens is 2. The summed E-state index contributed by atoms with van der Waals surface area (Å²) in [4.78, 5) is 20.1. The van der Waals surface area contributed by atoms with Crippen molar-refractivity contribution in [3.05, 3.63) is 71.6 Å². The molecule has 0 spiro atoms. The second-order valence-corrected chi connectivity index (χ2v) is 5.99. The summed E-state index contributed by atoms with van der Waals surface area (Å²) < 4.78 is 1.01. The lowest BCUT2D eigenvalue weighted by atomic mass is 10.2. The lowest BCUT2D eigenvalue weighted by Crippen LogP contribution is -2.08. The van der Waals surface area contributed by atoms with Crippen LogP contribution in [0.3, 0.4) is 0 Å². The quantitative estimate of drug-likeness (QED) is 0.654. The van der Waals surface area contributed by atoms with E-state index >= 15 is 0 Å². The highest BCUT2D eigenvalue weighted by molar-refractivity contribution is 9.10. The molecule has 6 heteroatoms. The summed E-state index contributed by atoms with van der Waals surface area (Å²) >= 11 is 3.42. The molecule has 2 N–H and O–H groups in total. The van der Waals surface area contributed by atoms with E-state index in [1.165, 1.54) is 12.4 Å². The number of carbonyl (C=O) groups is 1. The number of benzene rings is 2. The van der Waals surface area contributed by atoms with E-state index in [-0.39, 0.29) is 5.91 Å². The van der Waals surface area contributed by atoms with E-state index in [2.05, 4.69) is 36.5 Å². The molecule has 0 radical (unpaired) electrons. The Bertz CT molecular complexity index is 895. The fourth-order valence-electron chi connectivity index (χ4n) is 2.19. The van der Waals surface area contributed by atoms with Crippen molar-refractivity contribution in [2.24, 2.45) is 0 Å². The van der Waals surface area contributed by atoms with Gasteiger partial charge in [-0.2, -0.15) is 0 Å². The average Bonchev–Trinajstić information content (AvgIpc) is 2.59. The van der Waals surface area contributed by atoms with Crippen LogP contribution in [-0.2, 0) is 4.79 Å². The van der Waals surface area contributed by atoms with Crippen molar-refractivity contribution in [3.63, 3.8) is 0 Å². The van der Waals surface area contributed by atoms with E-state index in [0.717, 1.165) is 21.1 Å². The van der Waals surface area contributed by atoms with Crippen molar-refractivity contribution < 1.29 is 4.79 Å². The number of hydrogen-bond acceptors (Lipinski definition) is 4. The van der Waals surface area contributed by atoms with Crippen LogP contribution in [0.25, 0.3) is 10.9 Å². The Morgan fingerprint density at radius 3 is 2.96 bits per heavy atom. The van der Waals surface area contributed by atoms with Crippen molar-refractivity contribution in [1.29, 1.82) is 0 Å². The van der Waals surface area contributed by atoms with Gasteiger partial charge in [-0.3, -0.25) is 4.79 Å². The molecule has 1 amide bonds. The van der Waals surface area contributed by atoms with E-state index in [1.807, 2.05) is 42.5 Å². The third kappa shape index (κ3) is 4.39. The molecule has 120 valence electrons. The Morgan fingerprint density at radius 1 is 1.17 bits per heavy atom. The van der Waals surface area contributed by atoms with E-state index < -0.39 is 0 Å². The lowest BCUT2D eigenvalue weighted by Gasteiger charge is -2.04. The predicted octanol–water partition coefficient (Wildman–Crippen LogP) is 4.00. The molecule has 0 aliphatic heterocycles. The Morgan fingerprint density at radius 2 is 2.08 bits per heavy atom. The topological polar surface area (TPSA) is 66.9 Å². The van der Waals surface area contributed by atoms with E-state index in [9.17, 15) is 4.79 Å². The molecule has 0 saturated carbocycles. The van der Waals surface area contributed by atoms with Crippen LogP contribution < -0.4 is 10.6 Å². The van der Waals surface area contributed by atoms with Gasteiger partial charge >= 0.3 is 0 Å². The predicted molar refractivity (Wildman–Crippen MR) is 99.9 cm³/mol. The summed E-state index contributed by atoms with van der Waals surface area (Å²) in [6.45, 7) is 0.565. The summed E-state index contributed by atoms with van der Waals surface area (Å²) in [6.07, 6.45) is 6.51. The van der Waals surface area contributed by atoms with Crippen molar-refractivity contribution in [1.82, 2.24) is 9.97 Å². The molecule has 0 saturated heterocycles. The van der Waals surface area contributed by atoms with Crippen molar-refractivity contribution >= 4 is 44.1 Å². The minimum atomic E-state index is -0.178. The van der Waals surface area contributed by atoms with Gasteiger partial charge in [0.2, 0.25) is 5.91 Å². The highest BCUT2D eigenvalue weighted by atomic mass is 79.9. The van der Waals surface area contributed by atoms with Gasteiger partial charge in [0, 0.05) is 40.1 Å². The number of fused-ring (bicyclic) bond motifs is 1. The van der Waals surface area contributed by atoms with Crippen molar-refractivity contribution in [2.75, 3.05) is 17.2 Å². The number of rotatable bonds is 5. The van der Waals surface area contributed by atoms with Gasteiger partial charge in [0.25, 0.3) is 0 Å². The van der Waals surface area contributed by atoms with Crippen LogP contribution in [0.1, 0.15) is 0 Å². The maximum absolute atomic E-state index is 11.9. The van der Waals surface area contributed by atoms with Crippen molar-refractivity contribution in [3.8, 4) is 0 Å². The molecule has 1 aromatic heterocycles. The molecule has 2 aromatic carbocycles. The third-order valence-electron chi connectivity index (χ3n) is 3.29. The van der Waals surface area contributed by atoms with Gasteiger partial charge < -0.3 is 10.6 Å². The average molecular weight is 383 g/mol. The zero-order valence-corrected chi connectivity index (χ0v) is 14.3. The number of anilines is 2. The minimum Gasteiger partial charge on any atom is -0.382 e. The molecular weight excluding hydrogens is 368 g/mol. The molecule has 3 rings (SSSR count). The summed E-state index contributed by atoms with van der Waals surface area (Å²) in [5.74, 6) is -0.178. The molecule has 1 heterocycles. The highest BCUT2D eigenvalue weighted by Gasteiger charge is 2.00. The van der Waals surface area contributed by atoms with Crippen LogP contribution >= 0.6 is 15.9 Å². The SMILES string of the molecule is O=C(C=CCNc1cccc(Br)c1)Nc1ccc2ncncc2c1. The number of halogens is 1. The number of carbonyl (C=O) groups excluding carboxylic acids is 1. The summed E-state index contributed by atoms with van der Waals surface area (Å²) in [5, 5.41) is 6.93. The van der Waals surface area contributed by atoms with Crippen LogP contribution in [0.15, 0.2) is 71.6 Å². The van der Waals surface area contributed by atoms with Gasteiger partial charge in [-0.15, -0.1) is 0 Å². The molecule has 0 bridgehead atoms. The lowest BCUT2D eigenvalue weighted by molar-refractivity contribution is -0.111. The normalized spacial score (nSPS) is 10.9. The van der Waals surface area contributed by atoms with Gasteiger partial charge in [-0.05, 0) is 36.4 Å². The zero-order chi connectivity index (χ0) is 16.8. The molecule has 0 fully saturated rings. The van der Waals surface area contributed by atoms with Crippen LogP contribution in [0.4, 0.5) is 11.4 Å². The highest BCUT2D eigenvalue weighted by Crippen LogP contribution is 2.16. The molecular formula is C18H15BrN4O. The number of hydrogen-bond donors (Lipinski definition) is 2. The first-order valence-electron chi connectivity index (χ1n) is 7.37. The maximum Gasteiger partial charge on any atom is 0.248 e. The number of nitrogens with one attached hydrogen (secondary N) is 2. The summed E-state index contributed by atoms with van der Waals surface area (Å²) in [6, 6.07) is 13.4. The van der Waals surface area contributed by atoms with Crippen LogP contribution in [0.5, 0.6) is 0 Å². The fraction of sp³-hybridized carbons (Fsp3) is 0.0556. The fourth-order valence-corrected chi connectivity index (χ4v) is 2.59. The first kappa shape index (κ1) is 16.1. The van der Waals surface area contributed by atoms with Crippen LogP contribution in [-0.4, -0.2) is 22.4 Å². The molecule has 5 nitrogen and oxygen atoms in total. The summed E-state index contributed by atoms with van der Waals surface area (Å²) in [7, 11) is 0.